The Morgan fingerprint density at radius 1 is 1.42 bits per heavy atom. The number of aliphatic hydroxyl groups is 1. The second-order valence-electron chi connectivity index (χ2n) is 6.09. The lowest BCUT2D eigenvalue weighted by Crippen LogP contribution is -2.53. The van der Waals surface area contributed by atoms with Crippen LogP contribution in [-0.2, 0) is 9.59 Å². The van der Waals surface area contributed by atoms with Crippen LogP contribution >= 0.6 is 0 Å². The van der Waals surface area contributed by atoms with Crippen LogP contribution in [0.4, 0.5) is 0 Å². The summed E-state index contributed by atoms with van der Waals surface area (Å²) in [4.78, 5) is 22.2. The topological polar surface area (TPSA) is 74.6 Å². The highest BCUT2D eigenvalue weighted by atomic mass is 16.4. The maximum Gasteiger partial charge on any atom is 0.328 e. The van der Waals surface area contributed by atoms with Crippen molar-refractivity contribution in [1.82, 2.24) is 0 Å². The molecule has 19 heavy (non-hydrogen) atoms. The molecule has 2 N–H and O–H groups in total. The van der Waals surface area contributed by atoms with Crippen molar-refractivity contribution in [2.45, 2.75) is 46.1 Å². The van der Waals surface area contributed by atoms with Gasteiger partial charge in [0.1, 0.15) is 5.78 Å². The molecule has 0 radical (unpaired) electrons. The maximum absolute atomic E-state index is 11.6. The number of hydrogen-bond acceptors (Lipinski definition) is 3. The summed E-state index contributed by atoms with van der Waals surface area (Å²) >= 11 is 0. The van der Waals surface area contributed by atoms with E-state index in [2.05, 4.69) is 0 Å². The van der Waals surface area contributed by atoms with E-state index in [0.717, 1.165) is 6.08 Å². The Bertz CT molecular complexity index is 445. The average molecular weight is 266 g/mol. The number of hydrogen-bond donors (Lipinski definition) is 2. The smallest absolute Gasteiger partial charge is 0.328 e. The second kappa shape index (κ2) is 5.29. The minimum Gasteiger partial charge on any atom is -0.478 e. The van der Waals surface area contributed by atoms with Crippen molar-refractivity contribution >= 4 is 11.8 Å². The van der Waals surface area contributed by atoms with E-state index >= 15 is 0 Å². The minimum atomic E-state index is -1.10. The number of carbonyl (C=O) groups excluding carboxylic acids is 1. The first kappa shape index (κ1) is 15.6. The number of aliphatic carboxylic acids is 1. The van der Waals surface area contributed by atoms with Crippen LogP contribution in [-0.4, -0.2) is 27.6 Å². The number of carboxylic acids is 1. The predicted octanol–water partition coefficient (Wildman–Crippen LogP) is 2.33. The van der Waals surface area contributed by atoms with E-state index in [0.29, 0.717) is 18.4 Å². The van der Waals surface area contributed by atoms with Crippen molar-refractivity contribution in [2.75, 3.05) is 0 Å². The van der Waals surface area contributed by atoms with Crippen LogP contribution in [0.3, 0.4) is 0 Å². The molecule has 2 atom stereocenters. The van der Waals surface area contributed by atoms with Crippen LogP contribution in [0.1, 0.15) is 40.5 Å². The van der Waals surface area contributed by atoms with Gasteiger partial charge in [0.2, 0.25) is 0 Å². The Balaban J connectivity index is 3.04. The molecule has 0 saturated heterocycles. The lowest BCUT2D eigenvalue weighted by atomic mass is 9.60. The van der Waals surface area contributed by atoms with Crippen LogP contribution in [0.15, 0.2) is 23.8 Å². The van der Waals surface area contributed by atoms with Crippen LogP contribution in [0, 0.1) is 11.3 Å². The van der Waals surface area contributed by atoms with Gasteiger partial charge in [-0.3, -0.25) is 4.79 Å². The van der Waals surface area contributed by atoms with Crippen molar-refractivity contribution in [3.05, 3.63) is 23.8 Å². The van der Waals surface area contributed by atoms with E-state index < -0.39 is 17.0 Å². The van der Waals surface area contributed by atoms with Gasteiger partial charge < -0.3 is 10.2 Å². The third kappa shape index (κ3) is 3.32. The Morgan fingerprint density at radius 3 is 2.47 bits per heavy atom. The summed E-state index contributed by atoms with van der Waals surface area (Å²) in [6, 6.07) is 0. The summed E-state index contributed by atoms with van der Waals surface area (Å²) in [5.74, 6) is -1.04. The van der Waals surface area contributed by atoms with Crippen molar-refractivity contribution in [2.24, 2.45) is 11.3 Å². The molecule has 1 aliphatic carbocycles. The van der Waals surface area contributed by atoms with E-state index in [1.165, 1.54) is 0 Å². The van der Waals surface area contributed by atoms with Gasteiger partial charge in [-0.05, 0) is 18.4 Å². The van der Waals surface area contributed by atoms with E-state index in [4.69, 9.17) is 5.11 Å². The highest BCUT2D eigenvalue weighted by Crippen LogP contribution is 2.46. The number of carboxylic acid groups (broad SMARTS) is 1. The van der Waals surface area contributed by atoms with E-state index in [-0.39, 0.29) is 11.7 Å². The number of rotatable bonds is 3. The lowest BCUT2D eigenvalue weighted by molar-refractivity contribution is -0.142. The van der Waals surface area contributed by atoms with E-state index in [1.807, 2.05) is 20.8 Å². The zero-order valence-electron chi connectivity index (χ0n) is 11.9. The SMILES string of the molecule is CC(/C=C/C1(O)C(C)CC(=O)CC1(C)C)=C\C(=O)O. The van der Waals surface area contributed by atoms with E-state index in [1.54, 1.807) is 19.1 Å². The molecule has 0 aliphatic heterocycles. The third-order valence-corrected chi connectivity index (χ3v) is 3.96. The number of carbonyl (C=O) groups is 2. The van der Waals surface area contributed by atoms with Crippen LogP contribution < -0.4 is 0 Å². The Morgan fingerprint density at radius 2 is 2.00 bits per heavy atom. The van der Waals surface area contributed by atoms with Gasteiger partial charge in [-0.1, -0.05) is 32.9 Å². The van der Waals surface area contributed by atoms with E-state index in [9.17, 15) is 14.7 Å². The summed E-state index contributed by atoms with van der Waals surface area (Å²) < 4.78 is 0. The van der Waals surface area contributed by atoms with Gasteiger partial charge in [-0.2, -0.15) is 0 Å². The van der Waals surface area contributed by atoms with Crippen LogP contribution in [0.5, 0.6) is 0 Å². The van der Waals surface area contributed by atoms with Crippen molar-refractivity contribution < 1.29 is 19.8 Å². The molecule has 106 valence electrons. The van der Waals surface area contributed by atoms with Crippen molar-refractivity contribution in [3.63, 3.8) is 0 Å². The summed E-state index contributed by atoms with van der Waals surface area (Å²) in [7, 11) is 0. The molecule has 0 amide bonds. The number of ketones is 1. The molecule has 1 fully saturated rings. The minimum absolute atomic E-state index is 0.161. The zero-order valence-corrected chi connectivity index (χ0v) is 11.9. The molecule has 0 spiro atoms. The van der Waals surface area contributed by atoms with Gasteiger partial charge in [-0.25, -0.2) is 4.79 Å². The third-order valence-electron chi connectivity index (χ3n) is 3.96. The molecule has 1 saturated carbocycles. The lowest BCUT2D eigenvalue weighted by Gasteiger charge is -2.48. The molecular weight excluding hydrogens is 244 g/mol. The molecule has 0 aromatic heterocycles. The van der Waals surface area contributed by atoms with Crippen molar-refractivity contribution in [3.8, 4) is 0 Å². The quantitative estimate of drug-likeness (QED) is 0.607. The van der Waals surface area contributed by atoms with Gasteiger partial charge in [0.25, 0.3) is 0 Å². The summed E-state index contributed by atoms with van der Waals surface area (Å²) in [6.07, 6.45) is 5.03. The van der Waals surface area contributed by atoms with Gasteiger partial charge in [0.15, 0.2) is 0 Å². The van der Waals surface area contributed by atoms with Crippen LogP contribution in [0.2, 0.25) is 0 Å². The van der Waals surface area contributed by atoms with Gasteiger partial charge in [0, 0.05) is 24.3 Å². The molecule has 0 aromatic carbocycles. The van der Waals surface area contributed by atoms with Gasteiger partial charge >= 0.3 is 5.97 Å². The molecule has 0 heterocycles. The maximum atomic E-state index is 11.6. The zero-order chi connectivity index (χ0) is 14.8. The molecule has 2 unspecified atom stereocenters. The first-order valence-electron chi connectivity index (χ1n) is 6.43. The van der Waals surface area contributed by atoms with Crippen molar-refractivity contribution in [1.29, 1.82) is 0 Å². The Hall–Kier alpha value is -1.42. The largest absolute Gasteiger partial charge is 0.478 e. The monoisotopic (exact) mass is 266 g/mol. The first-order valence-corrected chi connectivity index (χ1v) is 6.43. The fourth-order valence-corrected chi connectivity index (χ4v) is 2.76. The summed E-state index contributed by atoms with van der Waals surface area (Å²) in [5.41, 5.74) is -1.10. The molecule has 0 bridgehead atoms. The highest BCUT2D eigenvalue weighted by Gasteiger charge is 2.50. The Labute approximate surface area is 113 Å². The fourth-order valence-electron chi connectivity index (χ4n) is 2.76. The second-order valence-corrected chi connectivity index (χ2v) is 6.09. The average Bonchev–Trinajstić information content (AvgIpc) is 2.21. The normalized spacial score (nSPS) is 31.7. The molecule has 4 nitrogen and oxygen atoms in total. The standard InChI is InChI=1S/C15H22O4/c1-10(7-13(17)18)5-6-15(19)11(2)8-12(16)9-14(15,3)4/h5-7,11,19H,8-9H2,1-4H3,(H,17,18)/b6-5+,10-7+. The fraction of sp³-hybridized carbons (Fsp3) is 0.600. The predicted molar refractivity (Wildman–Crippen MR) is 72.7 cm³/mol. The molecular formula is C15H22O4. The first-order chi connectivity index (χ1) is 8.58. The molecule has 1 rings (SSSR count). The number of Topliss-reactive ketones (excluding diaryl/α,β-unsaturated/α-hetero) is 1. The highest BCUT2D eigenvalue weighted by molar-refractivity contribution is 5.81. The van der Waals surface area contributed by atoms with Gasteiger partial charge in [0.05, 0.1) is 5.60 Å². The Kier molecular flexibility index (Phi) is 4.35. The summed E-state index contributed by atoms with van der Waals surface area (Å²) in [6.45, 7) is 7.24. The molecule has 0 aromatic rings. The molecule has 1 aliphatic rings. The molecule has 4 heteroatoms. The number of allylic oxidation sites excluding steroid dienone is 2. The van der Waals surface area contributed by atoms with Crippen LogP contribution in [0.25, 0.3) is 0 Å². The summed E-state index contributed by atoms with van der Waals surface area (Å²) in [5, 5.41) is 19.5. The van der Waals surface area contributed by atoms with Gasteiger partial charge in [-0.15, -0.1) is 0 Å².